The highest BCUT2D eigenvalue weighted by molar-refractivity contribution is 7.88. The molecule has 8 nitrogen and oxygen atoms in total. The van der Waals surface area contributed by atoms with E-state index in [1.807, 2.05) is 0 Å². The van der Waals surface area contributed by atoms with Crippen LogP contribution in [0.25, 0.3) is 0 Å². The lowest BCUT2D eigenvalue weighted by atomic mass is 9.92. The standard InChI is InChI=1S/C15H18F3NO7S/c1-13(2,3)25-12(22)19-14(4,11(20)21)9-5-7-10(8-6-9)26-27(23,24)15(16,17)18/h5-8H,1-4H3,(H,19,22)(H,20,21)/t14-/m1/s1. The van der Waals surface area contributed by atoms with Crippen LogP contribution in [0.2, 0.25) is 0 Å². The van der Waals surface area contributed by atoms with Gasteiger partial charge in [0.25, 0.3) is 0 Å². The number of carboxylic acid groups (broad SMARTS) is 1. The third-order valence-electron chi connectivity index (χ3n) is 3.10. The van der Waals surface area contributed by atoms with E-state index < -0.39 is 44.6 Å². The first-order valence-corrected chi connectivity index (χ1v) is 8.74. The van der Waals surface area contributed by atoms with Gasteiger partial charge in [-0.05, 0) is 45.4 Å². The Kier molecular flexibility index (Phi) is 6.06. The van der Waals surface area contributed by atoms with Gasteiger partial charge in [0, 0.05) is 0 Å². The normalized spacial score (nSPS) is 14.8. The summed E-state index contributed by atoms with van der Waals surface area (Å²) in [5.74, 6) is -2.16. The molecule has 1 atom stereocenters. The van der Waals surface area contributed by atoms with E-state index in [1.54, 1.807) is 20.8 Å². The second-order valence-corrected chi connectivity index (χ2v) is 8.10. The van der Waals surface area contributed by atoms with Crippen molar-refractivity contribution in [2.45, 2.75) is 44.3 Å². The molecule has 27 heavy (non-hydrogen) atoms. The van der Waals surface area contributed by atoms with Crippen molar-refractivity contribution in [2.75, 3.05) is 0 Å². The van der Waals surface area contributed by atoms with Crippen molar-refractivity contribution in [3.05, 3.63) is 29.8 Å². The monoisotopic (exact) mass is 413 g/mol. The Hall–Kier alpha value is -2.50. The van der Waals surface area contributed by atoms with Crippen LogP contribution in [0.3, 0.4) is 0 Å². The highest BCUT2D eigenvalue weighted by Crippen LogP contribution is 2.29. The summed E-state index contributed by atoms with van der Waals surface area (Å²) in [6, 6.07) is 3.67. The van der Waals surface area contributed by atoms with Crippen LogP contribution in [0.15, 0.2) is 24.3 Å². The minimum absolute atomic E-state index is 0.0578. The van der Waals surface area contributed by atoms with Crippen LogP contribution in [0.4, 0.5) is 18.0 Å². The number of carbonyl (C=O) groups excluding carboxylic acids is 1. The highest BCUT2D eigenvalue weighted by atomic mass is 32.2. The van der Waals surface area contributed by atoms with Gasteiger partial charge in [-0.1, -0.05) is 12.1 Å². The molecule has 0 aliphatic carbocycles. The van der Waals surface area contributed by atoms with Crippen molar-refractivity contribution in [3.63, 3.8) is 0 Å². The quantitative estimate of drug-likeness (QED) is 0.563. The summed E-state index contributed by atoms with van der Waals surface area (Å²) in [5, 5.41) is 11.6. The third-order valence-corrected chi connectivity index (χ3v) is 4.08. The number of carbonyl (C=O) groups is 2. The van der Waals surface area contributed by atoms with Crippen molar-refractivity contribution in [1.29, 1.82) is 0 Å². The molecule has 0 aromatic heterocycles. The molecule has 1 aromatic rings. The zero-order chi connectivity index (χ0) is 21.3. The van der Waals surface area contributed by atoms with Crippen LogP contribution in [0.5, 0.6) is 5.75 Å². The summed E-state index contributed by atoms with van der Waals surface area (Å²) in [6.45, 7) is 5.83. The zero-order valence-electron chi connectivity index (χ0n) is 14.7. The van der Waals surface area contributed by atoms with Crippen molar-refractivity contribution in [3.8, 4) is 5.75 Å². The van der Waals surface area contributed by atoms with Gasteiger partial charge in [-0.25, -0.2) is 9.59 Å². The van der Waals surface area contributed by atoms with Gasteiger partial charge in [0.2, 0.25) is 0 Å². The van der Waals surface area contributed by atoms with E-state index in [0.29, 0.717) is 0 Å². The Morgan fingerprint density at radius 1 is 1.04 bits per heavy atom. The first kappa shape index (κ1) is 22.5. The number of benzene rings is 1. The number of halogens is 3. The van der Waals surface area contributed by atoms with Gasteiger partial charge in [0.05, 0.1) is 0 Å². The molecule has 1 amide bonds. The number of ether oxygens (including phenoxy) is 1. The molecule has 0 heterocycles. The molecule has 2 N–H and O–H groups in total. The highest BCUT2D eigenvalue weighted by Gasteiger charge is 2.48. The first-order valence-electron chi connectivity index (χ1n) is 7.34. The first-order chi connectivity index (χ1) is 12.0. The Balaban J connectivity index is 3.11. The predicted octanol–water partition coefficient (Wildman–Crippen LogP) is 2.74. The maximum atomic E-state index is 12.3. The smallest absolute Gasteiger partial charge is 0.479 e. The number of aliphatic carboxylic acids is 1. The molecule has 152 valence electrons. The molecular formula is C15H18F3NO7S. The van der Waals surface area contributed by atoms with E-state index in [2.05, 4.69) is 9.50 Å². The van der Waals surface area contributed by atoms with E-state index in [0.717, 1.165) is 31.2 Å². The average molecular weight is 413 g/mol. The maximum Gasteiger partial charge on any atom is 0.534 e. The lowest BCUT2D eigenvalue weighted by Crippen LogP contribution is -2.51. The van der Waals surface area contributed by atoms with Gasteiger partial charge in [-0.15, -0.1) is 0 Å². The van der Waals surface area contributed by atoms with Crippen LogP contribution in [0, 0.1) is 0 Å². The molecule has 0 bridgehead atoms. The lowest BCUT2D eigenvalue weighted by Gasteiger charge is -2.29. The van der Waals surface area contributed by atoms with Gasteiger partial charge in [-0.3, -0.25) is 0 Å². The van der Waals surface area contributed by atoms with Crippen LogP contribution >= 0.6 is 0 Å². The van der Waals surface area contributed by atoms with Crippen molar-refractivity contribution in [1.82, 2.24) is 5.32 Å². The van der Waals surface area contributed by atoms with Gasteiger partial charge in [-0.2, -0.15) is 21.6 Å². The minimum atomic E-state index is -5.86. The molecule has 1 aromatic carbocycles. The van der Waals surface area contributed by atoms with E-state index in [-0.39, 0.29) is 5.56 Å². The Morgan fingerprint density at radius 3 is 1.89 bits per heavy atom. The van der Waals surface area contributed by atoms with Crippen LogP contribution in [-0.4, -0.2) is 36.7 Å². The number of alkyl carbamates (subject to hydrolysis) is 1. The summed E-state index contributed by atoms with van der Waals surface area (Å²) in [4.78, 5) is 23.5. The third kappa shape index (κ3) is 5.74. The number of nitrogens with one attached hydrogen (secondary N) is 1. The average Bonchev–Trinajstić information content (AvgIpc) is 2.43. The summed E-state index contributed by atoms with van der Waals surface area (Å²) in [7, 11) is -5.86. The van der Waals surface area contributed by atoms with Crippen LogP contribution in [0.1, 0.15) is 33.3 Å². The van der Waals surface area contributed by atoms with E-state index in [4.69, 9.17) is 4.74 Å². The lowest BCUT2D eigenvalue weighted by molar-refractivity contribution is -0.144. The molecule has 0 saturated heterocycles. The second-order valence-electron chi connectivity index (χ2n) is 6.56. The zero-order valence-corrected chi connectivity index (χ0v) is 15.6. The second kappa shape index (κ2) is 7.25. The molecule has 0 unspecified atom stereocenters. The molecular weight excluding hydrogens is 395 g/mol. The van der Waals surface area contributed by atoms with Crippen LogP contribution < -0.4 is 9.50 Å². The Bertz CT molecular complexity index is 813. The summed E-state index contributed by atoms with van der Waals surface area (Å²) < 4.78 is 67.8. The Labute approximate surface area is 153 Å². The molecule has 1 rings (SSSR count). The minimum Gasteiger partial charge on any atom is -0.479 e. The number of hydrogen-bond donors (Lipinski definition) is 2. The van der Waals surface area contributed by atoms with E-state index in [1.165, 1.54) is 0 Å². The molecule has 0 saturated carbocycles. The van der Waals surface area contributed by atoms with Gasteiger partial charge >= 0.3 is 27.7 Å². The van der Waals surface area contributed by atoms with Crippen LogP contribution in [-0.2, 0) is 25.2 Å². The topological polar surface area (TPSA) is 119 Å². The van der Waals surface area contributed by atoms with E-state index in [9.17, 15) is 36.3 Å². The fourth-order valence-corrected chi connectivity index (χ4v) is 2.23. The maximum absolute atomic E-state index is 12.3. The van der Waals surface area contributed by atoms with Crippen molar-refractivity contribution >= 4 is 22.2 Å². The fourth-order valence-electron chi connectivity index (χ4n) is 1.77. The van der Waals surface area contributed by atoms with Gasteiger partial charge in [0.1, 0.15) is 11.4 Å². The Morgan fingerprint density at radius 2 is 1.52 bits per heavy atom. The molecule has 12 heteroatoms. The molecule has 0 aliphatic heterocycles. The fraction of sp³-hybridized carbons (Fsp3) is 0.467. The number of alkyl halides is 3. The van der Waals surface area contributed by atoms with Gasteiger partial charge in [0.15, 0.2) is 5.54 Å². The predicted molar refractivity (Wildman–Crippen MR) is 86.4 cm³/mol. The number of rotatable bonds is 5. The molecule has 0 spiro atoms. The van der Waals surface area contributed by atoms with Gasteiger partial charge < -0.3 is 19.3 Å². The van der Waals surface area contributed by atoms with Crippen molar-refractivity contribution in [2.24, 2.45) is 0 Å². The number of carboxylic acids is 1. The number of hydrogen-bond acceptors (Lipinski definition) is 6. The van der Waals surface area contributed by atoms with E-state index >= 15 is 0 Å². The van der Waals surface area contributed by atoms with Crippen molar-refractivity contribution < 1.29 is 45.2 Å². The summed E-state index contributed by atoms with van der Waals surface area (Å²) in [5.41, 5.74) is -8.56. The SMILES string of the molecule is CC(C)(C)OC(=O)N[C@@](C)(C(=O)O)c1ccc(OS(=O)(=O)C(F)(F)F)cc1. The molecule has 0 fully saturated rings. The molecule has 0 radical (unpaired) electrons. The largest absolute Gasteiger partial charge is 0.534 e. The number of amides is 1. The summed E-state index contributed by atoms with van der Waals surface area (Å²) in [6.07, 6.45) is -1.03. The summed E-state index contributed by atoms with van der Waals surface area (Å²) >= 11 is 0. The molecule has 0 aliphatic rings.